The van der Waals surface area contributed by atoms with Gasteiger partial charge in [-0.05, 0) is 36.6 Å². The van der Waals surface area contributed by atoms with Gasteiger partial charge in [0.1, 0.15) is 5.82 Å². The number of hydrogen-bond donors (Lipinski definition) is 3. The highest BCUT2D eigenvalue weighted by Gasteiger charge is 2.28. The number of likely N-dealkylation sites (tertiary alicyclic amines) is 1. The van der Waals surface area contributed by atoms with Gasteiger partial charge in [0.15, 0.2) is 0 Å². The van der Waals surface area contributed by atoms with Crippen LogP contribution in [0.25, 0.3) is 12.2 Å². The van der Waals surface area contributed by atoms with Gasteiger partial charge in [-0.3, -0.25) is 4.79 Å². The highest BCUT2D eigenvalue weighted by molar-refractivity contribution is 7.87. The predicted octanol–water partition coefficient (Wildman–Crippen LogP) is 2.61. The van der Waals surface area contributed by atoms with E-state index in [2.05, 4.69) is 26.8 Å². The molecule has 1 aromatic carbocycles. The van der Waals surface area contributed by atoms with Crippen molar-refractivity contribution in [1.29, 1.82) is 0 Å². The molecule has 8 nitrogen and oxygen atoms in total. The second-order valence-electron chi connectivity index (χ2n) is 7.29. The largest absolute Gasteiger partial charge is 0.342 e. The van der Waals surface area contributed by atoms with Crippen LogP contribution in [0.3, 0.4) is 0 Å². The Bertz CT molecular complexity index is 1170. The van der Waals surface area contributed by atoms with Crippen molar-refractivity contribution >= 4 is 28.3 Å². The maximum absolute atomic E-state index is 12.7. The topological polar surface area (TPSA) is 121 Å². The van der Waals surface area contributed by atoms with Gasteiger partial charge in [0.05, 0.1) is 10.7 Å². The maximum atomic E-state index is 12.7. The lowest BCUT2D eigenvalue weighted by atomic mass is 10.1. The summed E-state index contributed by atoms with van der Waals surface area (Å²) in [5, 5.41) is 6.99. The number of nitrogens with zero attached hydrogens (tertiary/aromatic N) is 2. The molecular formula is C26H41N5O3S. The summed E-state index contributed by atoms with van der Waals surface area (Å²) in [5.74, 6) is 0.768. The van der Waals surface area contributed by atoms with Crippen LogP contribution < -0.4 is 20.6 Å². The van der Waals surface area contributed by atoms with E-state index < -0.39 is 10.2 Å². The Labute approximate surface area is 210 Å². The van der Waals surface area contributed by atoms with Crippen LogP contribution in [0.15, 0.2) is 36.4 Å². The molecular weight excluding hydrogens is 462 g/mol. The molecule has 1 aliphatic heterocycles. The second-order valence-corrected chi connectivity index (χ2v) is 8.62. The number of amides is 1. The number of aromatic amines is 1. The molecule has 1 atom stereocenters. The zero-order chi connectivity index (χ0) is 26.4. The van der Waals surface area contributed by atoms with Gasteiger partial charge in [0, 0.05) is 31.1 Å². The monoisotopic (exact) mass is 503 g/mol. The lowest BCUT2D eigenvalue weighted by molar-refractivity contribution is 0.0790. The summed E-state index contributed by atoms with van der Waals surface area (Å²) >= 11 is 0. The minimum Gasteiger partial charge on any atom is -0.342 e. The Morgan fingerprint density at radius 1 is 1.14 bits per heavy atom. The highest BCUT2D eigenvalue weighted by Crippen LogP contribution is 2.15. The van der Waals surface area contributed by atoms with Crippen LogP contribution >= 0.6 is 0 Å². The van der Waals surface area contributed by atoms with E-state index in [0.717, 1.165) is 28.5 Å². The summed E-state index contributed by atoms with van der Waals surface area (Å²) < 4.78 is 24.7. The number of aromatic nitrogens is 2. The van der Waals surface area contributed by atoms with Crippen LogP contribution in [-0.4, -0.2) is 48.3 Å². The van der Waals surface area contributed by atoms with Crippen molar-refractivity contribution in [3.8, 4) is 0 Å². The van der Waals surface area contributed by atoms with Gasteiger partial charge in [-0.15, -0.1) is 0 Å². The molecule has 2 aromatic rings. The molecule has 1 saturated heterocycles. The molecule has 1 aromatic heterocycles. The molecule has 194 valence electrons. The maximum Gasteiger partial charge on any atom is 0.274 e. The summed E-state index contributed by atoms with van der Waals surface area (Å²) in [6.07, 6.45) is 10.3. The molecule has 0 spiro atoms. The predicted molar refractivity (Wildman–Crippen MR) is 144 cm³/mol. The van der Waals surface area contributed by atoms with E-state index in [1.807, 2.05) is 65.8 Å². The third-order valence-corrected chi connectivity index (χ3v) is 5.70. The molecule has 1 aliphatic carbocycles. The first-order chi connectivity index (χ1) is 16.9. The Morgan fingerprint density at radius 3 is 2.43 bits per heavy atom. The summed E-state index contributed by atoms with van der Waals surface area (Å²) in [4.78, 5) is 22.3. The van der Waals surface area contributed by atoms with Crippen LogP contribution in [0.4, 0.5) is 0 Å². The molecule has 35 heavy (non-hydrogen) atoms. The number of allylic oxidation sites excluding steroid dienone is 2. The fourth-order valence-corrected chi connectivity index (χ4v) is 4.31. The Kier molecular flexibility index (Phi) is 13.2. The molecule has 1 amide bonds. The number of fused-ring (bicyclic) bond motifs is 1. The minimum atomic E-state index is -3.77. The second kappa shape index (κ2) is 15.3. The van der Waals surface area contributed by atoms with Crippen molar-refractivity contribution in [3.05, 3.63) is 64.1 Å². The van der Waals surface area contributed by atoms with Crippen LogP contribution in [0.2, 0.25) is 0 Å². The van der Waals surface area contributed by atoms with Crippen LogP contribution in [-0.2, 0) is 16.6 Å². The van der Waals surface area contributed by atoms with Crippen LogP contribution in [0.5, 0.6) is 0 Å². The molecule has 1 fully saturated rings. The molecule has 9 heteroatoms. The Morgan fingerprint density at radius 2 is 1.80 bits per heavy atom. The van der Waals surface area contributed by atoms with Crippen LogP contribution in [0, 0.1) is 0 Å². The first-order valence-corrected chi connectivity index (χ1v) is 14.0. The van der Waals surface area contributed by atoms with Crippen molar-refractivity contribution in [3.63, 3.8) is 0 Å². The van der Waals surface area contributed by atoms with E-state index in [4.69, 9.17) is 5.14 Å². The average molecular weight is 504 g/mol. The zero-order valence-corrected chi connectivity index (χ0v) is 22.7. The molecule has 0 radical (unpaired) electrons. The Hall–Kier alpha value is -2.75. The molecule has 2 heterocycles. The van der Waals surface area contributed by atoms with Crippen molar-refractivity contribution in [2.45, 2.75) is 66.8 Å². The molecule has 4 N–H and O–H groups in total. The smallest absolute Gasteiger partial charge is 0.274 e. The van der Waals surface area contributed by atoms with E-state index in [-0.39, 0.29) is 11.9 Å². The normalized spacial score (nSPS) is 16.0. The summed E-state index contributed by atoms with van der Waals surface area (Å²) in [5.41, 5.74) is 1.63. The van der Waals surface area contributed by atoms with Gasteiger partial charge in [-0.1, -0.05) is 71.9 Å². The van der Waals surface area contributed by atoms with Crippen molar-refractivity contribution in [1.82, 2.24) is 19.6 Å². The lowest BCUT2D eigenvalue weighted by Gasteiger charge is -2.17. The van der Waals surface area contributed by atoms with Crippen molar-refractivity contribution in [2.75, 3.05) is 13.1 Å². The van der Waals surface area contributed by atoms with E-state index in [0.29, 0.717) is 31.5 Å². The number of rotatable bonds is 5. The number of hydrogen-bond acceptors (Lipinski definition) is 4. The third-order valence-electron chi connectivity index (χ3n) is 5.04. The van der Waals surface area contributed by atoms with Gasteiger partial charge in [0.2, 0.25) is 0 Å². The highest BCUT2D eigenvalue weighted by atomic mass is 32.2. The summed E-state index contributed by atoms with van der Waals surface area (Å²) in [7, 11) is -3.77. The van der Waals surface area contributed by atoms with E-state index in [1.165, 1.54) is 0 Å². The standard InChI is InChI=1S/C20H23N5O3S.3C2H6/c21-29(27,28)24-16-10-11-25(13-16)20(26)15-8-6-14(7-9-15)12-19-22-17-4-2-1-3-5-18(17)23-19;3*1-2/h1-2,4-9,16,24H,3,10-13H2,(H,22,23)(H2,21,27,28);3*1-2H3. The van der Waals surface area contributed by atoms with E-state index in [9.17, 15) is 13.2 Å². The Balaban J connectivity index is 0.000000949. The lowest BCUT2D eigenvalue weighted by Crippen LogP contribution is -2.41. The fourth-order valence-electron chi connectivity index (χ4n) is 3.66. The number of imidazole rings is 1. The average Bonchev–Trinajstić information content (AvgIpc) is 3.42. The van der Waals surface area contributed by atoms with Crippen LogP contribution in [0.1, 0.15) is 76.1 Å². The molecule has 2 aliphatic rings. The van der Waals surface area contributed by atoms with Gasteiger partial charge in [-0.25, -0.2) is 10.1 Å². The molecule has 1 unspecified atom stereocenters. The number of benzene rings is 1. The van der Waals surface area contributed by atoms with E-state index >= 15 is 0 Å². The zero-order valence-electron chi connectivity index (χ0n) is 21.8. The van der Waals surface area contributed by atoms with Crippen molar-refractivity contribution in [2.24, 2.45) is 5.14 Å². The molecule has 0 bridgehead atoms. The number of carbonyl (C=O) groups is 1. The van der Waals surface area contributed by atoms with E-state index in [1.54, 1.807) is 17.0 Å². The first-order valence-electron chi connectivity index (χ1n) is 12.5. The van der Waals surface area contributed by atoms with Gasteiger partial charge < -0.3 is 9.88 Å². The summed E-state index contributed by atoms with van der Waals surface area (Å²) in [6, 6.07) is 7.10. The SMILES string of the molecule is CC.CC.CC.NS(=O)(=O)NC1CCN(C(=O)c2ccc(Cc3nc4c([nH]3)=CC=CCC=4)cc2)C1. The first kappa shape index (κ1) is 30.3. The number of nitrogens with two attached hydrogens (primary N) is 1. The number of carbonyl (C=O) groups excluding carboxylic acids is 1. The van der Waals surface area contributed by atoms with Gasteiger partial charge >= 0.3 is 0 Å². The molecule has 4 rings (SSSR count). The quantitative estimate of drug-likeness (QED) is 0.581. The number of nitrogens with one attached hydrogen (secondary N) is 2. The third kappa shape index (κ3) is 9.43. The van der Waals surface area contributed by atoms with Gasteiger partial charge in [-0.2, -0.15) is 13.1 Å². The van der Waals surface area contributed by atoms with Gasteiger partial charge in [0.25, 0.3) is 16.1 Å². The van der Waals surface area contributed by atoms with Crippen molar-refractivity contribution < 1.29 is 13.2 Å². The fraction of sp³-hybridized carbons (Fsp3) is 0.462. The molecule has 0 saturated carbocycles. The minimum absolute atomic E-state index is 0.115. The number of H-pyrrole nitrogens is 1. The summed E-state index contributed by atoms with van der Waals surface area (Å²) in [6.45, 7) is 12.8.